The number of likely N-dealkylation sites (N-methyl/N-ethyl adjacent to an activating group) is 1. The van der Waals surface area contributed by atoms with Crippen LogP contribution >= 0.6 is 7.82 Å². The first-order valence-electron chi connectivity index (χ1n) is 13.6. The first-order valence-corrected chi connectivity index (χ1v) is 15.1. The van der Waals surface area contributed by atoms with Crippen LogP contribution in [0, 0.1) is 0 Å². The van der Waals surface area contributed by atoms with Crippen molar-refractivity contribution in [3.63, 3.8) is 0 Å². The topological polar surface area (TPSA) is 114 Å². The first-order chi connectivity index (χ1) is 17.1. The lowest BCUT2D eigenvalue weighted by Gasteiger charge is -2.28. The fourth-order valence-corrected chi connectivity index (χ4v) is 4.15. The number of carbonyl (C=O) groups excluding carboxylic acids is 1. The van der Waals surface area contributed by atoms with E-state index in [1.807, 2.05) is 21.1 Å². The minimum atomic E-state index is -4.55. The Hall–Kier alpha value is -0.800. The van der Waals surface area contributed by atoms with Crippen molar-refractivity contribution in [1.82, 2.24) is 0 Å². The summed E-state index contributed by atoms with van der Waals surface area (Å²) in [5.74, 6) is -0.482. The molecule has 2 atom stereocenters. The third-order valence-electron chi connectivity index (χ3n) is 5.63. The van der Waals surface area contributed by atoms with Crippen molar-refractivity contribution in [2.24, 2.45) is 0 Å². The number of ether oxygens (including phenoxy) is 1. The molecular weight excluding hydrogens is 485 g/mol. The van der Waals surface area contributed by atoms with Gasteiger partial charge >= 0.3 is 5.97 Å². The van der Waals surface area contributed by atoms with Crippen molar-refractivity contribution >= 4 is 13.8 Å². The van der Waals surface area contributed by atoms with Gasteiger partial charge in [0.25, 0.3) is 7.82 Å². The van der Waals surface area contributed by atoms with Gasteiger partial charge in [0.2, 0.25) is 0 Å². The van der Waals surface area contributed by atoms with Gasteiger partial charge < -0.3 is 23.2 Å². The summed E-state index contributed by atoms with van der Waals surface area (Å²) in [6, 6.07) is 0. The van der Waals surface area contributed by atoms with E-state index in [0.717, 1.165) is 32.1 Å². The number of phosphoric acid groups is 1. The number of phosphoric ester groups is 1. The van der Waals surface area contributed by atoms with Gasteiger partial charge in [0.1, 0.15) is 19.8 Å². The molecular formula is C26H52NO8P. The van der Waals surface area contributed by atoms with Crippen LogP contribution in [0.3, 0.4) is 0 Å². The molecule has 0 aromatic carbocycles. The lowest BCUT2D eigenvalue weighted by molar-refractivity contribution is -0.870. The summed E-state index contributed by atoms with van der Waals surface area (Å²) in [7, 11) is 1.17. The number of quaternary nitrogens is 1. The van der Waals surface area contributed by atoms with Gasteiger partial charge in [0.05, 0.1) is 27.7 Å². The summed E-state index contributed by atoms with van der Waals surface area (Å²) in [4.78, 5) is 28.0. The van der Waals surface area contributed by atoms with Gasteiger partial charge in [-0.2, -0.15) is 0 Å². The van der Waals surface area contributed by atoms with E-state index in [4.69, 9.17) is 19.0 Å². The third-order valence-corrected chi connectivity index (χ3v) is 6.60. The quantitative estimate of drug-likeness (QED) is 0.0303. The Kier molecular flexibility index (Phi) is 21.7. The van der Waals surface area contributed by atoms with Gasteiger partial charge in [-0.15, -0.1) is 0 Å². The summed E-state index contributed by atoms with van der Waals surface area (Å²) in [6.45, 7) is 1.82. The van der Waals surface area contributed by atoms with Crippen LogP contribution in [0.15, 0.2) is 12.2 Å². The van der Waals surface area contributed by atoms with Crippen LogP contribution in [0.1, 0.15) is 96.8 Å². The molecule has 36 heavy (non-hydrogen) atoms. The van der Waals surface area contributed by atoms with Gasteiger partial charge in [0.15, 0.2) is 6.10 Å². The summed E-state index contributed by atoms with van der Waals surface area (Å²) in [5.41, 5.74) is 0. The molecule has 0 aromatic heterocycles. The second-order valence-corrected chi connectivity index (χ2v) is 11.7. The molecule has 0 aliphatic heterocycles. The molecule has 0 rings (SSSR count). The summed E-state index contributed by atoms with van der Waals surface area (Å²) in [5, 5.41) is 8.69. The van der Waals surface area contributed by atoms with Crippen LogP contribution < -0.4 is 4.89 Å². The van der Waals surface area contributed by atoms with Crippen molar-refractivity contribution in [3.05, 3.63) is 12.2 Å². The highest BCUT2D eigenvalue weighted by Crippen LogP contribution is 2.38. The van der Waals surface area contributed by atoms with Crippen LogP contribution in [0.25, 0.3) is 0 Å². The number of nitrogens with zero attached hydrogens (tertiary/aromatic N) is 1. The van der Waals surface area contributed by atoms with E-state index < -0.39 is 33.1 Å². The number of allylic oxidation sites excluding steroid dienone is 2. The maximum absolute atomic E-state index is 12.1. The van der Waals surface area contributed by atoms with Gasteiger partial charge in [0, 0.05) is 6.42 Å². The maximum atomic E-state index is 12.1. The Morgan fingerprint density at radius 1 is 0.889 bits per heavy atom. The Morgan fingerprint density at radius 2 is 1.44 bits per heavy atom. The number of rotatable bonds is 25. The van der Waals surface area contributed by atoms with Crippen molar-refractivity contribution in [2.75, 3.05) is 47.5 Å². The molecule has 1 unspecified atom stereocenters. The van der Waals surface area contributed by atoms with Crippen LogP contribution in [0.4, 0.5) is 0 Å². The summed E-state index contributed by atoms with van der Waals surface area (Å²) in [6.07, 6.45) is 18.9. The molecule has 0 radical (unpaired) electrons. The molecule has 0 saturated carbocycles. The zero-order valence-corrected chi connectivity index (χ0v) is 24.1. The van der Waals surface area contributed by atoms with E-state index in [0.29, 0.717) is 17.4 Å². The minimum absolute atomic E-state index is 0.0271. The van der Waals surface area contributed by atoms with Gasteiger partial charge in [-0.25, -0.2) is 4.89 Å². The van der Waals surface area contributed by atoms with Gasteiger partial charge in [-0.05, 0) is 32.1 Å². The van der Waals surface area contributed by atoms with E-state index in [2.05, 4.69) is 24.0 Å². The Balaban J connectivity index is 3.86. The third kappa shape index (κ3) is 24.9. The molecule has 9 nitrogen and oxygen atoms in total. The molecule has 214 valence electrons. The highest BCUT2D eigenvalue weighted by molar-refractivity contribution is 7.45. The second kappa shape index (κ2) is 22.2. The smallest absolute Gasteiger partial charge is 0.306 e. The van der Waals surface area contributed by atoms with Crippen molar-refractivity contribution in [3.8, 4) is 0 Å². The minimum Gasteiger partial charge on any atom is -0.756 e. The first kappa shape index (κ1) is 35.2. The van der Waals surface area contributed by atoms with Crippen LogP contribution in [0.2, 0.25) is 0 Å². The fraction of sp³-hybridized carbons (Fsp3) is 0.885. The van der Waals surface area contributed by atoms with E-state index in [9.17, 15) is 14.3 Å². The van der Waals surface area contributed by atoms with Crippen LogP contribution in [0.5, 0.6) is 0 Å². The van der Waals surface area contributed by atoms with Gasteiger partial charge in [-0.1, -0.05) is 70.4 Å². The SMILES string of the molecule is CCCCCCCC/C=C\CCCCCCCC(=O)O[C@H](COO)COP(=O)([O-])OCC[N+](C)(C)C. The van der Waals surface area contributed by atoms with Crippen LogP contribution in [-0.2, 0) is 28.0 Å². The highest BCUT2D eigenvalue weighted by atomic mass is 31.2. The Morgan fingerprint density at radius 3 is 2.00 bits per heavy atom. The molecule has 0 bridgehead atoms. The van der Waals surface area contributed by atoms with E-state index >= 15 is 0 Å². The maximum Gasteiger partial charge on any atom is 0.306 e. The van der Waals surface area contributed by atoms with E-state index in [1.54, 1.807) is 0 Å². The standard InChI is InChI=1S/C26H52NO8P/c1-5-6-7-8-9-10-11-12-13-14-15-16-17-18-19-20-26(28)35-25(23-32-29)24-34-36(30,31)33-22-21-27(2,3)4/h12-13,25H,5-11,14-24H2,1-4H3,(H-,29,30,31)/b13-12-/t25-/m1/s1. The normalized spacial score (nSPS) is 14.7. The zero-order valence-electron chi connectivity index (χ0n) is 23.2. The molecule has 1 N–H and O–H groups in total. The molecule has 0 spiro atoms. The Labute approximate surface area is 219 Å². The van der Waals surface area contributed by atoms with Crippen LogP contribution in [-0.4, -0.2) is 69.3 Å². The van der Waals surface area contributed by atoms with Crippen molar-refractivity contribution < 1.29 is 42.7 Å². The molecule has 0 fully saturated rings. The largest absolute Gasteiger partial charge is 0.756 e. The number of carbonyl (C=O) groups is 1. The lowest BCUT2D eigenvalue weighted by Crippen LogP contribution is -2.37. The number of hydrogen-bond acceptors (Lipinski definition) is 8. The predicted octanol–water partition coefficient (Wildman–Crippen LogP) is 5.63. The number of esters is 1. The zero-order chi connectivity index (χ0) is 27.1. The van der Waals surface area contributed by atoms with E-state index in [-0.39, 0.29) is 13.0 Å². The summed E-state index contributed by atoms with van der Waals surface area (Å²) >= 11 is 0. The average Bonchev–Trinajstić information content (AvgIpc) is 2.79. The van der Waals surface area contributed by atoms with Crippen molar-refractivity contribution in [2.45, 2.75) is 103 Å². The molecule has 0 heterocycles. The lowest BCUT2D eigenvalue weighted by atomic mass is 10.1. The molecule has 10 heteroatoms. The Bertz CT molecular complexity index is 609. The predicted molar refractivity (Wildman–Crippen MR) is 140 cm³/mol. The number of hydrogen-bond donors (Lipinski definition) is 1. The summed E-state index contributed by atoms with van der Waals surface area (Å²) < 4.78 is 27.2. The average molecular weight is 538 g/mol. The fourth-order valence-electron chi connectivity index (χ4n) is 3.42. The van der Waals surface area contributed by atoms with Gasteiger partial charge in [-0.3, -0.25) is 14.6 Å². The van der Waals surface area contributed by atoms with E-state index in [1.165, 1.54) is 44.9 Å². The number of unbranched alkanes of at least 4 members (excludes halogenated alkanes) is 11. The monoisotopic (exact) mass is 537 g/mol. The molecule has 0 aliphatic carbocycles. The highest BCUT2D eigenvalue weighted by Gasteiger charge is 2.20. The second-order valence-electron chi connectivity index (χ2n) is 10.3. The molecule has 0 saturated heterocycles. The van der Waals surface area contributed by atoms with Crippen molar-refractivity contribution in [1.29, 1.82) is 0 Å². The molecule has 0 aromatic rings. The molecule has 0 aliphatic rings. The molecule has 0 amide bonds.